The molecule has 106 valence electrons. The predicted molar refractivity (Wildman–Crippen MR) is 88.9 cm³/mol. The van der Waals surface area contributed by atoms with Crippen molar-refractivity contribution in [2.24, 2.45) is 0 Å². The van der Waals surface area contributed by atoms with E-state index < -0.39 is 0 Å². The van der Waals surface area contributed by atoms with Gasteiger partial charge in [0.05, 0.1) is 0 Å². The van der Waals surface area contributed by atoms with Gasteiger partial charge in [-0.05, 0) is 48.3 Å². The molecule has 0 spiro atoms. The molecule has 1 heterocycles. The Balaban J connectivity index is 1.78. The van der Waals surface area contributed by atoms with E-state index in [2.05, 4.69) is 60.4 Å². The van der Waals surface area contributed by atoms with Gasteiger partial charge in [0.25, 0.3) is 0 Å². The highest BCUT2D eigenvalue weighted by molar-refractivity contribution is 5.87. The van der Waals surface area contributed by atoms with Crippen molar-refractivity contribution in [2.75, 3.05) is 0 Å². The van der Waals surface area contributed by atoms with E-state index in [4.69, 9.17) is 0 Å². The van der Waals surface area contributed by atoms with Crippen LogP contribution in [-0.4, -0.2) is 4.98 Å². The highest BCUT2D eigenvalue weighted by Gasteiger charge is 2.23. The average Bonchev–Trinajstić information content (AvgIpc) is 2.93. The first kappa shape index (κ1) is 12.7. The van der Waals surface area contributed by atoms with Crippen molar-refractivity contribution < 1.29 is 0 Å². The van der Waals surface area contributed by atoms with E-state index in [1.165, 1.54) is 47.0 Å². The Morgan fingerprint density at radius 2 is 1.90 bits per heavy atom. The maximum absolute atomic E-state index is 3.71. The third-order valence-electron chi connectivity index (χ3n) is 4.96. The maximum Gasteiger partial charge on any atom is 0.0491 e. The van der Waals surface area contributed by atoms with Crippen molar-refractivity contribution in [2.45, 2.75) is 38.5 Å². The minimum absolute atomic E-state index is 0.669. The first-order valence-corrected chi connectivity index (χ1v) is 8.03. The molecule has 1 nitrogen and oxygen atoms in total. The van der Waals surface area contributed by atoms with Crippen LogP contribution in [0.2, 0.25) is 0 Å². The van der Waals surface area contributed by atoms with Crippen molar-refractivity contribution in [1.29, 1.82) is 0 Å². The fraction of sp³-hybridized carbons (Fsp3) is 0.300. The quantitative estimate of drug-likeness (QED) is 0.677. The number of rotatable bonds is 2. The molecule has 0 saturated heterocycles. The van der Waals surface area contributed by atoms with E-state index in [0.29, 0.717) is 5.92 Å². The summed E-state index contributed by atoms with van der Waals surface area (Å²) < 4.78 is 0. The van der Waals surface area contributed by atoms with Crippen molar-refractivity contribution in [3.63, 3.8) is 0 Å². The van der Waals surface area contributed by atoms with Gasteiger partial charge in [0.2, 0.25) is 0 Å². The summed E-state index contributed by atoms with van der Waals surface area (Å²) in [5, 5.41) is 1.45. The molecule has 4 rings (SSSR count). The highest BCUT2D eigenvalue weighted by Crippen LogP contribution is 2.37. The summed E-state index contributed by atoms with van der Waals surface area (Å²) in [7, 11) is 0. The van der Waals surface area contributed by atoms with Gasteiger partial charge >= 0.3 is 0 Å². The van der Waals surface area contributed by atoms with Crippen molar-refractivity contribution in [3.05, 3.63) is 70.9 Å². The van der Waals surface area contributed by atoms with Crippen LogP contribution in [-0.2, 0) is 19.3 Å². The smallest absolute Gasteiger partial charge is 0.0491 e. The van der Waals surface area contributed by atoms with E-state index in [1.54, 1.807) is 5.56 Å². The predicted octanol–water partition coefficient (Wildman–Crippen LogP) is 5.00. The fourth-order valence-corrected chi connectivity index (χ4v) is 3.81. The molecule has 3 aromatic rings. The molecule has 0 fully saturated rings. The van der Waals surface area contributed by atoms with Crippen LogP contribution in [0.5, 0.6) is 0 Å². The Labute approximate surface area is 126 Å². The summed E-state index contributed by atoms with van der Waals surface area (Å²) in [4.78, 5) is 3.71. The zero-order valence-corrected chi connectivity index (χ0v) is 12.5. The van der Waals surface area contributed by atoms with Gasteiger partial charge < -0.3 is 4.98 Å². The van der Waals surface area contributed by atoms with Gasteiger partial charge in [-0.2, -0.15) is 0 Å². The molecule has 0 radical (unpaired) electrons. The zero-order chi connectivity index (χ0) is 14.2. The third kappa shape index (κ3) is 2.08. The van der Waals surface area contributed by atoms with Gasteiger partial charge in [-0.3, -0.25) is 0 Å². The first-order chi connectivity index (χ1) is 10.4. The Morgan fingerprint density at radius 1 is 1.05 bits per heavy atom. The molecule has 1 atom stereocenters. The Bertz CT molecular complexity index is 767. The SMILES string of the molecule is CCc1cccc2c3c([nH]c12)CCC(c1ccccc1)C3. The number of H-pyrrole nitrogens is 1. The molecule has 1 heteroatoms. The van der Waals surface area contributed by atoms with Gasteiger partial charge in [-0.1, -0.05) is 55.5 Å². The lowest BCUT2D eigenvalue weighted by Crippen LogP contribution is -2.11. The second kappa shape index (κ2) is 5.07. The van der Waals surface area contributed by atoms with Crippen LogP contribution in [0.3, 0.4) is 0 Å². The van der Waals surface area contributed by atoms with E-state index in [1.807, 2.05) is 0 Å². The molecular weight excluding hydrogens is 254 g/mol. The van der Waals surface area contributed by atoms with Crippen molar-refractivity contribution >= 4 is 10.9 Å². The van der Waals surface area contributed by atoms with Crippen LogP contribution >= 0.6 is 0 Å². The molecule has 1 unspecified atom stereocenters. The van der Waals surface area contributed by atoms with Crippen molar-refractivity contribution in [1.82, 2.24) is 4.98 Å². The summed E-state index contributed by atoms with van der Waals surface area (Å²) in [5.41, 5.74) is 7.33. The lowest BCUT2D eigenvalue weighted by atomic mass is 9.82. The topological polar surface area (TPSA) is 15.8 Å². The summed E-state index contributed by atoms with van der Waals surface area (Å²) in [6.45, 7) is 2.24. The normalized spacial score (nSPS) is 17.9. The molecule has 2 aromatic carbocycles. The van der Waals surface area contributed by atoms with Crippen LogP contribution in [0.1, 0.15) is 41.6 Å². The minimum Gasteiger partial charge on any atom is -0.358 e. The molecule has 21 heavy (non-hydrogen) atoms. The number of hydrogen-bond acceptors (Lipinski definition) is 0. The van der Waals surface area contributed by atoms with Crippen LogP contribution in [0, 0.1) is 0 Å². The molecule has 0 bridgehead atoms. The van der Waals surface area contributed by atoms with Crippen LogP contribution in [0.4, 0.5) is 0 Å². The molecule has 0 aliphatic heterocycles. The van der Waals surface area contributed by atoms with E-state index in [0.717, 1.165) is 6.42 Å². The number of aromatic amines is 1. The van der Waals surface area contributed by atoms with Crippen LogP contribution in [0.15, 0.2) is 48.5 Å². The zero-order valence-electron chi connectivity index (χ0n) is 12.5. The van der Waals surface area contributed by atoms with Gasteiger partial charge in [0.1, 0.15) is 0 Å². The third-order valence-corrected chi connectivity index (χ3v) is 4.96. The van der Waals surface area contributed by atoms with Crippen molar-refractivity contribution in [3.8, 4) is 0 Å². The number of benzene rings is 2. The molecular formula is C20H21N. The molecule has 0 amide bonds. The number of fused-ring (bicyclic) bond motifs is 3. The fourth-order valence-electron chi connectivity index (χ4n) is 3.81. The monoisotopic (exact) mass is 275 g/mol. The van der Waals surface area contributed by atoms with Gasteiger partial charge in [-0.15, -0.1) is 0 Å². The van der Waals surface area contributed by atoms with Crippen LogP contribution in [0.25, 0.3) is 10.9 Å². The second-order valence-electron chi connectivity index (χ2n) is 6.13. The summed E-state index contributed by atoms with van der Waals surface area (Å²) in [6, 6.07) is 17.7. The number of aromatic nitrogens is 1. The minimum atomic E-state index is 0.669. The summed E-state index contributed by atoms with van der Waals surface area (Å²) in [5.74, 6) is 0.669. The van der Waals surface area contributed by atoms with E-state index >= 15 is 0 Å². The molecule has 0 saturated carbocycles. The second-order valence-corrected chi connectivity index (χ2v) is 6.13. The van der Waals surface area contributed by atoms with Gasteiger partial charge in [0, 0.05) is 16.6 Å². The molecule has 1 N–H and O–H groups in total. The lowest BCUT2D eigenvalue weighted by molar-refractivity contribution is 0.582. The van der Waals surface area contributed by atoms with Gasteiger partial charge in [0.15, 0.2) is 0 Å². The summed E-state index contributed by atoms with van der Waals surface area (Å²) >= 11 is 0. The van der Waals surface area contributed by atoms with Gasteiger partial charge in [-0.25, -0.2) is 0 Å². The average molecular weight is 275 g/mol. The standard InChI is InChI=1S/C20H21N/c1-2-14-9-6-10-17-18-13-16(15-7-4-3-5-8-15)11-12-19(18)21-20(14)17/h3-10,16,21H,2,11-13H2,1H3. The van der Waals surface area contributed by atoms with E-state index in [9.17, 15) is 0 Å². The number of nitrogens with one attached hydrogen (secondary N) is 1. The largest absolute Gasteiger partial charge is 0.358 e. The first-order valence-electron chi connectivity index (χ1n) is 8.03. The Kier molecular flexibility index (Phi) is 3.07. The number of hydrogen-bond donors (Lipinski definition) is 1. The Morgan fingerprint density at radius 3 is 2.71 bits per heavy atom. The number of para-hydroxylation sites is 1. The highest BCUT2D eigenvalue weighted by atomic mass is 14.7. The molecule has 1 aromatic heterocycles. The number of aryl methyl sites for hydroxylation is 2. The van der Waals surface area contributed by atoms with Crippen LogP contribution < -0.4 is 0 Å². The molecule has 1 aliphatic rings. The Hall–Kier alpha value is -2.02. The lowest BCUT2D eigenvalue weighted by Gasteiger charge is -2.22. The van der Waals surface area contributed by atoms with E-state index in [-0.39, 0.29) is 0 Å². The maximum atomic E-state index is 3.71. The molecule has 1 aliphatic carbocycles. The summed E-state index contributed by atoms with van der Waals surface area (Å²) in [6.07, 6.45) is 4.70.